The molecule has 1 aliphatic heterocycles. The zero-order valence-electron chi connectivity index (χ0n) is 14.1. The van der Waals surface area contributed by atoms with Gasteiger partial charge in [-0.1, -0.05) is 35.3 Å². The number of rotatable bonds is 6. The van der Waals surface area contributed by atoms with Gasteiger partial charge in [-0.2, -0.15) is 0 Å². The van der Waals surface area contributed by atoms with Gasteiger partial charge in [-0.05, 0) is 36.2 Å². The molecule has 1 N–H and O–H groups in total. The Hall–Kier alpha value is -2.11. The number of carbonyl (C=O) groups is 2. The molecule has 1 aromatic heterocycles. The summed E-state index contributed by atoms with van der Waals surface area (Å²) in [5, 5.41) is 4.03. The second-order valence-corrected chi connectivity index (χ2v) is 7.11. The summed E-state index contributed by atoms with van der Waals surface area (Å²) in [5.41, 5.74) is 1.73. The van der Waals surface area contributed by atoms with Crippen molar-refractivity contribution in [1.29, 1.82) is 0 Å². The van der Waals surface area contributed by atoms with Gasteiger partial charge >= 0.3 is 0 Å². The normalized spacial score (nSPS) is 16.8. The van der Waals surface area contributed by atoms with Gasteiger partial charge in [0.15, 0.2) is 0 Å². The first-order chi connectivity index (χ1) is 12.5. The monoisotopic (exact) mass is 391 g/mol. The van der Waals surface area contributed by atoms with Gasteiger partial charge < -0.3 is 10.2 Å². The molecule has 1 unspecified atom stereocenters. The fourth-order valence-corrected chi connectivity index (χ4v) is 3.47. The highest BCUT2D eigenvalue weighted by molar-refractivity contribution is 6.35. The van der Waals surface area contributed by atoms with Crippen LogP contribution in [0.25, 0.3) is 0 Å². The predicted octanol–water partition coefficient (Wildman–Crippen LogP) is 3.10. The van der Waals surface area contributed by atoms with E-state index in [1.54, 1.807) is 23.2 Å². The minimum atomic E-state index is -0.327. The lowest BCUT2D eigenvalue weighted by Crippen LogP contribution is -2.33. The van der Waals surface area contributed by atoms with Crippen LogP contribution in [-0.2, 0) is 22.6 Å². The summed E-state index contributed by atoms with van der Waals surface area (Å²) < 4.78 is 0. The number of benzene rings is 1. The lowest BCUT2D eigenvalue weighted by molar-refractivity contribution is -0.129. The molecule has 1 aliphatic rings. The third kappa shape index (κ3) is 4.74. The van der Waals surface area contributed by atoms with Crippen molar-refractivity contribution in [2.75, 3.05) is 13.1 Å². The molecule has 0 bridgehead atoms. The van der Waals surface area contributed by atoms with Gasteiger partial charge in [-0.15, -0.1) is 0 Å². The lowest BCUT2D eigenvalue weighted by atomic mass is 10.1. The quantitative estimate of drug-likeness (QED) is 0.822. The summed E-state index contributed by atoms with van der Waals surface area (Å²) >= 11 is 12.1. The Morgan fingerprint density at radius 1 is 1.27 bits per heavy atom. The second kappa shape index (κ2) is 8.52. The summed E-state index contributed by atoms with van der Waals surface area (Å²) in [5.74, 6) is -0.448. The van der Waals surface area contributed by atoms with Crippen molar-refractivity contribution >= 4 is 35.0 Å². The first-order valence-corrected chi connectivity index (χ1v) is 9.18. The molecule has 26 heavy (non-hydrogen) atoms. The first-order valence-electron chi connectivity index (χ1n) is 8.42. The number of likely N-dealkylation sites (tertiary alicyclic amines) is 1. The molecule has 1 aromatic carbocycles. The maximum absolute atomic E-state index is 12.3. The number of nitrogens with one attached hydrogen (secondary N) is 1. The van der Waals surface area contributed by atoms with Crippen LogP contribution < -0.4 is 5.32 Å². The van der Waals surface area contributed by atoms with Crippen molar-refractivity contribution in [2.45, 2.75) is 19.4 Å². The standard InChI is InChI=1S/C19H19Cl2N3O2/c20-15-5-4-13(17(21)10-15)6-8-24-12-14(9-18(24)25)19(26)23-11-16-3-1-2-7-22-16/h1-5,7,10,14H,6,8-9,11-12H2,(H,23,26). The Kier molecular flexibility index (Phi) is 6.12. The number of nitrogens with zero attached hydrogens (tertiary/aromatic N) is 2. The topological polar surface area (TPSA) is 62.3 Å². The van der Waals surface area contributed by atoms with E-state index in [2.05, 4.69) is 10.3 Å². The van der Waals surface area contributed by atoms with Gasteiger partial charge in [-0.3, -0.25) is 14.6 Å². The van der Waals surface area contributed by atoms with E-state index >= 15 is 0 Å². The molecule has 1 saturated heterocycles. The van der Waals surface area contributed by atoms with Crippen molar-refractivity contribution in [3.63, 3.8) is 0 Å². The Bertz CT molecular complexity index is 799. The van der Waals surface area contributed by atoms with E-state index in [4.69, 9.17) is 23.2 Å². The van der Waals surface area contributed by atoms with Gasteiger partial charge in [-0.25, -0.2) is 0 Å². The minimum Gasteiger partial charge on any atom is -0.350 e. The highest BCUT2D eigenvalue weighted by atomic mass is 35.5. The van der Waals surface area contributed by atoms with Crippen LogP contribution in [0.1, 0.15) is 17.7 Å². The molecular weight excluding hydrogens is 373 g/mol. The molecule has 0 saturated carbocycles. The molecule has 0 aliphatic carbocycles. The van der Waals surface area contributed by atoms with E-state index < -0.39 is 0 Å². The van der Waals surface area contributed by atoms with Crippen LogP contribution in [0.5, 0.6) is 0 Å². The van der Waals surface area contributed by atoms with Crippen molar-refractivity contribution in [2.24, 2.45) is 5.92 Å². The average Bonchev–Trinajstić information content (AvgIpc) is 3.01. The number of halogens is 2. The van der Waals surface area contributed by atoms with Crippen LogP contribution in [0.4, 0.5) is 0 Å². The summed E-state index contributed by atoms with van der Waals surface area (Å²) in [6, 6.07) is 10.9. The van der Waals surface area contributed by atoms with E-state index in [1.807, 2.05) is 24.3 Å². The minimum absolute atomic E-state index is 0.00641. The second-order valence-electron chi connectivity index (χ2n) is 6.27. The number of carbonyl (C=O) groups excluding carboxylic acids is 2. The molecule has 2 heterocycles. The molecule has 2 amide bonds. The number of hydrogen-bond acceptors (Lipinski definition) is 3. The van der Waals surface area contributed by atoms with Gasteiger partial charge in [0.05, 0.1) is 18.2 Å². The molecule has 3 rings (SSSR count). The largest absolute Gasteiger partial charge is 0.350 e. The van der Waals surface area contributed by atoms with E-state index in [1.165, 1.54) is 0 Å². The predicted molar refractivity (Wildman–Crippen MR) is 101 cm³/mol. The summed E-state index contributed by atoms with van der Waals surface area (Å²) in [6.45, 7) is 1.33. The van der Waals surface area contributed by atoms with Gasteiger partial charge in [0.2, 0.25) is 11.8 Å². The lowest BCUT2D eigenvalue weighted by Gasteiger charge is -2.17. The first kappa shape index (κ1) is 18.7. The van der Waals surface area contributed by atoms with Crippen molar-refractivity contribution < 1.29 is 9.59 Å². The van der Waals surface area contributed by atoms with Crippen LogP contribution in [0, 0.1) is 5.92 Å². The molecule has 2 aromatic rings. The highest BCUT2D eigenvalue weighted by Crippen LogP contribution is 2.23. The third-order valence-corrected chi connectivity index (χ3v) is 5.01. The van der Waals surface area contributed by atoms with Crippen LogP contribution in [0.15, 0.2) is 42.6 Å². The zero-order valence-corrected chi connectivity index (χ0v) is 15.6. The van der Waals surface area contributed by atoms with E-state index in [-0.39, 0.29) is 24.2 Å². The summed E-state index contributed by atoms with van der Waals surface area (Å²) in [4.78, 5) is 30.4. The number of aromatic nitrogens is 1. The summed E-state index contributed by atoms with van der Waals surface area (Å²) in [7, 11) is 0. The molecule has 0 radical (unpaired) electrons. The fourth-order valence-electron chi connectivity index (χ4n) is 2.97. The third-order valence-electron chi connectivity index (χ3n) is 4.42. The number of pyridine rings is 1. The molecule has 1 fully saturated rings. The van der Waals surface area contributed by atoms with Gasteiger partial charge in [0.1, 0.15) is 0 Å². The van der Waals surface area contributed by atoms with Crippen molar-refractivity contribution in [3.05, 3.63) is 63.9 Å². The van der Waals surface area contributed by atoms with Crippen LogP contribution >= 0.6 is 23.2 Å². The molecule has 1 atom stereocenters. The summed E-state index contributed by atoms with van der Waals surface area (Å²) in [6.07, 6.45) is 2.55. The van der Waals surface area contributed by atoms with E-state index in [0.717, 1.165) is 11.3 Å². The maximum Gasteiger partial charge on any atom is 0.225 e. The SMILES string of the molecule is O=C(NCc1ccccn1)C1CC(=O)N(CCc2ccc(Cl)cc2Cl)C1. The molecular formula is C19H19Cl2N3O2. The van der Waals surface area contributed by atoms with Crippen LogP contribution in [0.2, 0.25) is 10.0 Å². The van der Waals surface area contributed by atoms with E-state index in [9.17, 15) is 9.59 Å². The van der Waals surface area contributed by atoms with Gasteiger partial charge in [0, 0.05) is 35.8 Å². The molecule has 7 heteroatoms. The Morgan fingerprint density at radius 3 is 2.85 bits per heavy atom. The van der Waals surface area contributed by atoms with Crippen LogP contribution in [0.3, 0.4) is 0 Å². The Morgan fingerprint density at radius 2 is 2.12 bits per heavy atom. The molecule has 136 valence electrons. The highest BCUT2D eigenvalue weighted by Gasteiger charge is 2.33. The number of hydrogen-bond donors (Lipinski definition) is 1. The smallest absolute Gasteiger partial charge is 0.225 e. The van der Waals surface area contributed by atoms with Crippen molar-refractivity contribution in [3.8, 4) is 0 Å². The number of amides is 2. The fraction of sp³-hybridized carbons (Fsp3) is 0.316. The van der Waals surface area contributed by atoms with E-state index in [0.29, 0.717) is 36.1 Å². The van der Waals surface area contributed by atoms with Crippen molar-refractivity contribution in [1.82, 2.24) is 15.2 Å². The Balaban J connectivity index is 1.50. The van der Waals surface area contributed by atoms with Crippen LogP contribution in [-0.4, -0.2) is 34.8 Å². The van der Waals surface area contributed by atoms with Gasteiger partial charge in [0.25, 0.3) is 0 Å². The zero-order chi connectivity index (χ0) is 18.5. The molecule has 0 spiro atoms. The maximum atomic E-state index is 12.3. The molecule has 5 nitrogen and oxygen atoms in total. The Labute approximate surface area is 162 Å². The average molecular weight is 392 g/mol.